The van der Waals surface area contributed by atoms with E-state index in [9.17, 15) is 14.4 Å². The molecule has 10 heteroatoms. The summed E-state index contributed by atoms with van der Waals surface area (Å²) in [7, 11) is 5.97. The fourth-order valence-corrected chi connectivity index (χ4v) is 3.80. The van der Waals surface area contributed by atoms with E-state index in [1.54, 1.807) is 44.4 Å². The van der Waals surface area contributed by atoms with E-state index in [0.29, 0.717) is 23.7 Å². The highest BCUT2D eigenvalue weighted by atomic mass is 16.5. The van der Waals surface area contributed by atoms with Crippen LogP contribution in [0.25, 0.3) is 0 Å². The molecule has 0 unspecified atom stereocenters. The van der Waals surface area contributed by atoms with Gasteiger partial charge in [0.1, 0.15) is 12.1 Å². The monoisotopic (exact) mass is 515 g/mol. The normalized spacial score (nSPS) is 12.2. The maximum absolute atomic E-state index is 13.0. The Bertz CT molecular complexity index is 1090. The number of methoxy groups -OCH3 is 4. The van der Waals surface area contributed by atoms with Gasteiger partial charge in [-0.15, -0.1) is 0 Å². The van der Waals surface area contributed by atoms with Crippen molar-refractivity contribution < 1.29 is 33.3 Å². The first-order valence-electron chi connectivity index (χ1n) is 12.0. The van der Waals surface area contributed by atoms with E-state index in [-0.39, 0.29) is 29.7 Å². The van der Waals surface area contributed by atoms with E-state index < -0.39 is 23.9 Å². The molecule has 202 valence electrons. The van der Waals surface area contributed by atoms with Crippen LogP contribution in [0.15, 0.2) is 36.4 Å². The largest absolute Gasteiger partial charge is 0.493 e. The molecule has 0 heterocycles. The molecule has 0 aliphatic rings. The van der Waals surface area contributed by atoms with Crippen LogP contribution in [0.3, 0.4) is 0 Å². The van der Waals surface area contributed by atoms with Gasteiger partial charge in [0, 0.05) is 12.1 Å². The van der Waals surface area contributed by atoms with Gasteiger partial charge < -0.3 is 34.9 Å². The molecule has 3 N–H and O–H groups in total. The third-order valence-corrected chi connectivity index (χ3v) is 5.67. The zero-order valence-electron chi connectivity index (χ0n) is 22.5. The van der Waals surface area contributed by atoms with Gasteiger partial charge in [0.2, 0.25) is 11.8 Å². The highest BCUT2D eigenvalue weighted by Crippen LogP contribution is 2.31. The maximum atomic E-state index is 13.0. The summed E-state index contributed by atoms with van der Waals surface area (Å²) in [6.07, 6.45) is 0.414. The molecule has 0 spiro atoms. The quantitative estimate of drug-likeness (QED) is 0.375. The van der Waals surface area contributed by atoms with Gasteiger partial charge in [0.15, 0.2) is 23.0 Å². The van der Waals surface area contributed by atoms with Crippen LogP contribution in [0.4, 0.5) is 0 Å². The maximum Gasteiger partial charge on any atom is 0.255 e. The van der Waals surface area contributed by atoms with Crippen LogP contribution in [0.5, 0.6) is 23.0 Å². The van der Waals surface area contributed by atoms with Crippen LogP contribution >= 0.6 is 0 Å². The summed E-state index contributed by atoms with van der Waals surface area (Å²) >= 11 is 0. The molecule has 3 amide bonds. The first kappa shape index (κ1) is 29.3. The number of carbonyl (C=O) groups excluding carboxylic acids is 3. The highest BCUT2D eigenvalue weighted by molar-refractivity contribution is 6.00. The smallest absolute Gasteiger partial charge is 0.255 e. The second-order valence-corrected chi connectivity index (χ2v) is 8.80. The van der Waals surface area contributed by atoms with Gasteiger partial charge in [-0.2, -0.15) is 0 Å². The molecule has 0 aromatic heterocycles. The van der Waals surface area contributed by atoms with Crippen molar-refractivity contribution >= 4 is 17.7 Å². The number of hydrogen-bond acceptors (Lipinski definition) is 7. The van der Waals surface area contributed by atoms with Crippen molar-refractivity contribution in [1.82, 2.24) is 16.0 Å². The van der Waals surface area contributed by atoms with Crippen LogP contribution in [0.2, 0.25) is 0 Å². The Balaban J connectivity index is 2.09. The highest BCUT2D eigenvalue weighted by Gasteiger charge is 2.26. The topological polar surface area (TPSA) is 124 Å². The minimum atomic E-state index is -0.913. The van der Waals surface area contributed by atoms with Crippen LogP contribution in [-0.4, -0.2) is 58.2 Å². The minimum Gasteiger partial charge on any atom is -0.493 e. The SMILES string of the molecule is COc1cccc(CNC(=O)[C@H](CC(C)C)NC(=O)[C@H](C)NC(=O)c2cccc(OC)c2OC)c1OC. The number of rotatable bonds is 13. The Labute approximate surface area is 218 Å². The summed E-state index contributed by atoms with van der Waals surface area (Å²) in [5.74, 6) is 0.530. The summed E-state index contributed by atoms with van der Waals surface area (Å²) < 4.78 is 21.3. The summed E-state index contributed by atoms with van der Waals surface area (Å²) in [4.78, 5) is 38.8. The van der Waals surface area contributed by atoms with Gasteiger partial charge in [0.25, 0.3) is 5.91 Å². The van der Waals surface area contributed by atoms with Crippen LogP contribution in [-0.2, 0) is 16.1 Å². The third-order valence-electron chi connectivity index (χ3n) is 5.67. The van der Waals surface area contributed by atoms with Crippen molar-refractivity contribution in [2.75, 3.05) is 28.4 Å². The lowest BCUT2D eigenvalue weighted by Gasteiger charge is -2.23. The van der Waals surface area contributed by atoms with Crippen molar-refractivity contribution in [3.63, 3.8) is 0 Å². The molecule has 0 fully saturated rings. The van der Waals surface area contributed by atoms with E-state index in [1.165, 1.54) is 21.3 Å². The molecule has 0 saturated carbocycles. The van der Waals surface area contributed by atoms with Gasteiger partial charge in [-0.05, 0) is 37.5 Å². The lowest BCUT2D eigenvalue weighted by molar-refractivity contribution is -0.130. The first-order valence-corrected chi connectivity index (χ1v) is 12.0. The fraction of sp³-hybridized carbons (Fsp3) is 0.444. The molecule has 37 heavy (non-hydrogen) atoms. The summed E-state index contributed by atoms with van der Waals surface area (Å²) in [6.45, 7) is 5.65. The number of benzene rings is 2. The Morgan fingerprint density at radius 1 is 0.757 bits per heavy atom. The molecule has 10 nitrogen and oxygen atoms in total. The van der Waals surface area contributed by atoms with Crippen molar-refractivity contribution in [2.24, 2.45) is 5.92 Å². The molecule has 2 aromatic carbocycles. The second kappa shape index (κ2) is 14.0. The molecular formula is C27H37N3O7. The average molecular weight is 516 g/mol. The van der Waals surface area contributed by atoms with Crippen molar-refractivity contribution in [1.29, 1.82) is 0 Å². The standard InChI is InChI=1S/C27H37N3O7/c1-16(2)14-20(27(33)28-15-18-10-8-12-21(34-4)23(18)36-6)30-25(31)17(3)29-26(32)19-11-9-13-22(35-5)24(19)37-7/h8-13,16-17,20H,14-15H2,1-7H3,(H,28,33)(H,29,32)(H,30,31)/t17-,20-/m0/s1. The predicted molar refractivity (Wildman–Crippen MR) is 139 cm³/mol. The Kier molecular flexibility index (Phi) is 11.0. The molecule has 2 aromatic rings. The molecule has 0 aliphatic heterocycles. The Hall–Kier alpha value is -3.95. The Morgan fingerprint density at radius 2 is 1.35 bits per heavy atom. The van der Waals surface area contributed by atoms with Gasteiger partial charge in [-0.25, -0.2) is 0 Å². The van der Waals surface area contributed by atoms with Crippen molar-refractivity contribution in [3.8, 4) is 23.0 Å². The van der Waals surface area contributed by atoms with Gasteiger partial charge >= 0.3 is 0 Å². The number of nitrogens with one attached hydrogen (secondary N) is 3. The van der Waals surface area contributed by atoms with E-state index in [0.717, 1.165) is 5.56 Å². The molecule has 0 radical (unpaired) electrons. The third kappa shape index (κ3) is 7.77. The molecular weight excluding hydrogens is 478 g/mol. The second-order valence-electron chi connectivity index (χ2n) is 8.80. The molecule has 2 atom stereocenters. The van der Waals surface area contributed by atoms with Crippen LogP contribution in [0.1, 0.15) is 43.1 Å². The zero-order chi connectivity index (χ0) is 27.5. The molecule has 0 aliphatic carbocycles. The van der Waals surface area contributed by atoms with Crippen LogP contribution < -0.4 is 34.9 Å². The molecule has 2 rings (SSSR count). The lowest BCUT2D eigenvalue weighted by Crippen LogP contribution is -2.53. The van der Waals surface area contributed by atoms with E-state index in [1.807, 2.05) is 19.9 Å². The minimum absolute atomic E-state index is 0.133. The zero-order valence-corrected chi connectivity index (χ0v) is 22.5. The number of carbonyl (C=O) groups is 3. The first-order chi connectivity index (χ1) is 17.7. The fourth-order valence-electron chi connectivity index (χ4n) is 3.80. The van der Waals surface area contributed by atoms with E-state index in [2.05, 4.69) is 16.0 Å². The number of ether oxygens (including phenoxy) is 4. The van der Waals surface area contributed by atoms with Crippen molar-refractivity contribution in [3.05, 3.63) is 47.5 Å². The molecule has 0 bridgehead atoms. The average Bonchev–Trinajstić information content (AvgIpc) is 2.89. The Morgan fingerprint density at radius 3 is 1.92 bits per heavy atom. The lowest BCUT2D eigenvalue weighted by atomic mass is 10.0. The van der Waals surface area contributed by atoms with E-state index >= 15 is 0 Å². The molecule has 0 saturated heterocycles. The number of para-hydroxylation sites is 2. The van der Waals surface area contributed by atoms with Crippen LogP contribution in [0, 0.1) is 5.92 Å². The van der Waals surface area contributed by atoms with Gasteiger partial charge in [-0.3, -0.25) is 14.4 Å². The van der Waals surface area contributed by atoms with Gasteiger partial charge in [-0.1, -0.05) is 32.0 Å². The summed E-state index contributed by atoms with van der Waals surface area (Å²) in [5.41, 5.74) is 0.961. The summed E-state index contributed by atoms with van der Waals surface area (Å²) in [5, 5.41) is 8.28. The number of amides is 3. The number of hydrogen-bond donors (Lipinski definition) is 3. The summed E-state index contributed by atoms with van der Waals surface area (Å²) in [6, 6.07) is 8.58. The van der Waals surface area contributed by atoms with Crippen molar-refractivity contribution in [2.45, 2.75) is 45.8 Å². The van der Waals surface area contributed by atoms with Gasteiger partial charge in [0.05, 0.1) is 34.0 Å². The predicted octanol–water partition coefficient (Wildman–Crippen LogP) is 2.69. The van der Waals surface area contributed by atoms with E-state index in [4.69, 9.17) is 18.9 Å².